The van der Waals surface area contributed by atoms with Crippen LogP contribution in [0.4, 0.5) is 0 Å². The smallest absolute Gasteiger partial charge is 0.0443 e. The van der Waals surface area contributed by atoms with Crippen molar-refractivity contribution in [2.75, 3.05) is 33.3 Å². The molecule has 16 heavy (non-hydrogen) atoms. The van der Waals surface area contributed by atoms with Gasteiger partial charge in [-0.1, -0.05) is 0 Å². The molecule has 0 bridgehead atoms. The Labute approximate surface area is 101 Å². The van der Waals surface area contributed by atoms with Gasteiger partial charge in [0.1, 0.15) is 0 Å². The van der Waals surface area contributed by atoms with E-state index in [1.807, 2.05) is 0 Å². The molecule has 0 amide bonds. The van der Waals surface area contributed by atoms with Crippen molar-refractivity contribution in [2.24, 2.45) is 0 Å². The Morgan fingerprint density at radius 1 is 0.875 bits per heavy atom. The second kappa shape index (κ2) is 8.97. The van der Waals surface area contributed by atoms with E-state index in [1.54, 1.807) is 0 Å². The summed E-state index contributed by atoms with van der Waals surface area (Å²) in [5.74, 6) is 0. The first-order valence-corrected chi connectivity index (χ1v) is 6.54. The van der Waals surface area contributed by atoms with Crippen molar-refractivity contribution >= 4 is 0 Å². The Hall–Kier alpha value is -0.120. The van der Waals surface area contributed by atoms with Crippen molar-refractivity contribution in [1.29, 1.82) is 0 Å². The lowest BCUT2D eigenvalue weighted by Crippen LogP contribution is -2.36. The maximum absolute atomic E-state index is 8.85. The molecule has 0 fully saturated rings. The molecule has 0 unspecified atom stereocenters. The molecular weight excluding hydrogens is 200 g/mol. The van der Waals surface area contributed by atoms with Gasteiger partial charge in [-0.2, -0.15) is 0 Å². The van der Waals surface area contributed by atoms with E-state index in [1.165, 1.54) is 6.42 Å². The molecule has 0 heterocycles. The first-order valence-electron chi connectivity index (χ1n) is 6.54. The maximum atomic E-state index is 8.85. The molecular formula is C13H30N2O. The summed E-state index contributed by atoms with van der Waals surface area (Å²) in [7, 11) is 2.18. The van der Waals surface area contributed by atoms with Crippen LogP contribution in [0.2, 0.25) is 0 Å². The van der Waals surface area contributed by atoms with E-state index in [9.17, 15) is 0 Å². The average Bonchev–Trinajstić information content (AvgIpc) is 2.21. The van der Waals surface area contributed by atoms with E-state index in [2.05, 4.69) is 44.5 Å². The number of hydrogen-bond acceptors (Lipinski definition) is 3. The van der Waals surface area contributed by atoms with E-state index >= 15 is 0 Å². The van der Waals surface area contributed by atoms with E-state index in [4.69, 9.17) is 5.11 Å². The molecule has 3 heteroatoms. The van der Waals surface area contributed by atoms with Gasteiger partial charge in [-0.05, 0) is 60.7 Å². The number of nitrogens with zero attached hydrogens (tertiary/aromatic N) is 2. The van der Waals surface area contributed by atoms with Crippen LogP contribution in [0.1, 0.15) is 40.5 Å². The SMILES string of the molecule is CC(C)N(C)CCCN(CCCO)C(C)C. The van der Waals surface area contributed by atoms with Crippen molar-refractivity contribution in [3.63, 3.8) is 0 Å². The Bertz CT molecular complexity index is 160. The van der Waals surface area contributed by atoms with Crippen LogP contribution in [0.15, 0.2) is 0 Å². The molecule has 0 spiro atoms. The van der Waals surface area contributed by atoms with Gasteiger partial charge in [0, 0.05) is 25.2 Å². The zero-order valence-corrected chi connectivity index (χ0v) is 11.7. The fourth-order valence-electron chi connectivity index (χ4n) is 1.68. The first-order chi connectivity index (χ1) is 7.49. The summed E-state index contributed by atoms with van der Waals surface area (Å²) in [5, 5.41) is 8.85. The second-order valence-electron chi connectivity index (χ2n) is 5.13. The van der Waals surface area contributed by atoms with Crippen molar-refractivity contribution in [3.05, 3.63) is 0 Å². The summed E-state index contributed by atoms with van der Waals surface area (Å²) in [6, 6.07) is 1.21. The predicted molar refractivity (Wildman–Crippen MR) is 70.8 cm³/mol. The number of aliphatic hydroxyl groups is 1. The van der Waals surface area contributed by atoms with Crippen molar-refractivity contribution < 1.29 is 5.11 Å². The Morgan fingerprint density at radius 2 is 1.44 bits per heavy atom. The van der Waals surface area contributed by atoms with Crippen molar-refractivity contribution in [2.45, 2.75) is 52.6 Å². The van der Waals surface area contributed by atoms with Gasteiger partial charge in [0.2, 0.25) is 0 Å². The zero-order valence-electron chi connectivity index (χ0n) is 11.7. The van der Waals surface area contributed by atoms with Gasteiger partial charge in [-0.25, -0.2) is 0 Å². The molecule has 98 valence electrons. The van der Waals surface area contributed by atoms with Crippen LogP contribution in [-0.4, -0.2) is 60.3 Å². The minimum Gasteiger partial charge on any atom is -0.396 e. The largest absolute Gasteiger partial charge is 0.396 e. The third kappa shape index (κ3) is 7.20. The molecule has 0 saturated heterocycles. The van der Waals surface area contributed by atoms with Crippen LogP contribution in [0.3, 0.4) is 0 Å². The van der Waals surface area contributed by atoms with Crippen LogP contribution in [0.5, 0.6) is 0 Å². The summed E-state index contributed by atoms with van der Waals surface area (Å²) in [6.07, 6.45) is 2.09. The zero-order chi connectivity index (χ0) is 12.6. The summed E-state index contributed by atoms with van der Waals surface area (Å²) in [4.78, 5) is 4.83. The molecule has 0 aromatic carbocycles. The van der Waals surface area contributed by atoms with E-state index in [-0.39, 0.29) is 0 Å². The number of hydrogen-bond donors (Lipinski definition) is 1. The topological polar surface area (TPSA) is 26.7 Å². The minimum absolute atomic E-state index is 0.301. The molecule has 3 nitrogen and oxygen atoms in total. The minimum atomic E-state index is 0.301. The van der Waals surface area contributed by atoms with Gasteiger partial charge < -0.3 is 14.9 Å². The van der Waals surface area contributed by atoms with Crippen LogP contribution in [0.25, 0.3) is 0 Å². The molecule has 0 aromatic rings. The average molecular weight is 230 g/mol. The van der Waals surface area contributed by atoms with Crippen molar-refractivity contribution in [3.8, 4) is 0 Å². The molecule has 0 aliphatic carbocycles. The third-order valence-electron chi connectivity index (χ3n) is 3.17. The molecule has 0 aliphatic heterocycles. The molecule has 0 rings (SSSR count). The van der Waals surface area contributed by atoms with Crippen LogP contribution < -0.4 is 0 Å². The highest BCUT2D eigenvalue weighted by atomic mass is 16.3. The highest BCUT2D eigenvalue weighted by Gasteiger charge is 2.09. The maximum Gasteiger partial charge on any atom is 0.0443 e. The van der Waals surface area contributed by atoms with E-state index < -0.39 is 0 Å². The quantitative estimate of drug-likeness (QED) is 0.654. The fourth-order valence-corrected chi connectivity index (χ4v) is 1.68. The third-order valence-corrected chi connectivity index (χ3v) is 3.17. The normalized spacial score (nSPS) is 12.4. The Balaban J connectivity index is 3.75. The molecule has 0 aromatic heterocycles. The van der Waals surface area contributed by atoms with Gasteiger partial charge in [0.15, 0.2) is 0 Å². The van der Waals surface area contributed by atoms with E-state index in [0.29, 0.717) is 18.7 Å². The molecule has 0 saturated carbocycles. The highest BCUT2D eigenvalue weighted by molar-refractivity contribution is 4.65. The molecule has 0 atom stereocenters. The van der Waals surface area contributed by atoms with Gasteiger partial charge in [-0.3, -0.25) is 0 Å². The van der Waals surface area contributed by atoms with Crippen molar-refractivity contribution in [1.82, 2.24) is 9.80 Å². The number of rotatable bonds is 9. The molecule has 0 aliphatic rings. The van der Waals surface area contributed by atoms with Gasteiger partial charge in [-0.15, -0.1) is 0 Å². The predicted octanol–water partition coefficient (Wildman–Crippen LogP) is 1.81. The summed E-state index contributed by atoms with van der Waals surface area (Å²) < 4.78 is 0. The van der Waals surface area contributed by atoms with Crippen LogP contribution in [-0.2, 0) is 0 Å². The lowest BCUT2D eigenvalue weighted by atomic mass is 10.2. The van der Waals surface area contributed by atoms with E-state index in [0.717, 1.165) is 26.1 Å². The second-order valence-corrected chi connectivity index (χ2v) is 5.13. The monoisotopic (exact) mass is 230 g/mol. The van der Waals surface area contributed by atoms with Gasteiger partial charge in [0.05, 0.1) is 0 Å². The lowest BCUT2D eigenvalue weighted by molar-refractivity contribution is 0.177. The summed E-state index contributed by atoms with van der Waals surface area (Å²) in [5.41, 5.74) is 0. The molecule has 0 radical (unpaired) electrons. The molecule has 1 N–H and O–H groups in total. The number of aliphatic hydroxyl groups excluding tert-OH is 1. The fraction of sp³-hybridized carbons (Fsp3) is 1.00. The van der Waals surface area contributed by atoms with Crippen LogP contribution in [0, 0.1) is 0 Å². The highest BCUT2D eigenvalue weighted by Crippen LogP contribution is 2.03. The van der Waals surface area contributed by atoms with Crippen LogP contribution >= 0.6 is 0 Å². The standard InChI is InChI=1S/C13H30N2O/c1-12(2)14(5)8-6-9-15(13(3)4)10-7-11-16/h12-13,16H,6-11H2,1-5H3. The van der Waals surface area contributed by atoms with Gasteiger partial charge in [0.25, 0.3) is 0 Å². The first kappa shape index (κ1) is 15.9. The lowest BCUT2D eigenvalue weighted by Gasteiger charge is -2.28. The Morgan fingerprint density at radius 3 is 1.88 bits per heavy atom. The Kier molecular flexibility index (Phi) is 8.90. The van der Waals surface area contributed by atoms with Gasteiger partial charge >= 0.3 is 0 Å². The summed E-state index contributed by atoms with van der Waals surface area (Å²) in [6.45, 7) is 12.5. The summed E-state index contributed by atoms with van der Waals surface area (Å²) >= 11 is 0.